The Morgan fingerprint density at radius 2 is 1.93 bits per heavy atom. The van der Waals surface area contributed by atoms with Crippen molar-refractivity contribution in [3.05, 3.63) is 70.5 Å². The molecule has 0 saturated heterocycles. The predicted octanol–water partition coefficient (Wildman–Crippen LogP) is 4.82. The van der Waals surface area contributed by atoms with E-state index in [1.54, 1.807) is 4.68 Å². The van der Waals surface area contributed by atoms with Gasteiger partial charge >= 0.3 is 0 Å². The molecule has 0 fully saturated rings. The summed E-state index contributed by atoms with van der Waals surface area (Å²) in [5.74, 6) is 0.162. The Morgan fingerprint density at radius 3 is 2.63 bits per heavy atom. The minimum absolute atomic E-state index is 0.0875. The molecule has 0 bridgehead atoms. The van der Waals surface area contributed by atoms with E-state index in [-0.39, 0.29) is 11.7 Å². The molecule has 0 saturated carbocycles. The van der Waals surface area contributed by atoms with Gasteiger partial charge in [0.25, 0.3) is 0 Å². The molecule has 0 unspecified atom stereocenters. The summed E-state index contributed by atoms with van der Waals surface area (Å²) in [7, 11) is 1.86. The van der Waals surface area contributed by atoms with Crippen molar-refractivity contribution >= 4 is 46.0 Å². The minimum Gasteiger partial charge on any atom is -0.322 e. The number of hydrogen-bond acceptors (Lipinski definition) is 4. The number of thioether (sulfide) groups is 1. The summed E-state index contributed by atoms with van der Waals surface area (Å²) in [5, 5.41) is 8.75. The van der Waals surface area contributed by atoms with E-state index in [0.717, 1.165) is 33.3 Å². The molecule has 6 nitrogen and oxygen atoms in total. The topological polar surface area (TPSA) is 64.7 Å². The Bertz CT molecular complexity index is 1220. The number of nitrogens with one attached hydrogen (secondary N) is 1. The molecule has 1 amide bonds. The molecule has 2 aromatic carbocycles. The third-order valence-electron chi connectivity index (χ3n) is 4.96. The van der Waals surface area contributed by atoms with E-state index < -0.39 is 0 Å². The zero-order valence-corrected chi connectivity index (χ0v) is 18.6. The van der Waals surface area contributed by atoms with Crippen LogP contribution in [0.2, 0.25) is 5.02 Å². The normalized spacial score (nSPS) is 11.2. The van der Waals surface area contributed by atoms with Crippen molar-refractivity contribution in [2.24, 2.45) is 7.05 Å². The second-order valence-corrected chi connectivity index (χ2v) is 8.48. The van der Waals surface area contributed by atoms with Crippen molar-refractivity contribution in [1.82, 2.24) is 19.3 Å². The molecule has 0 spiro atoms. The first kappa shape index (κ1) is 20.5. The number of aryl methyl sites for hydroxylation is 2. The number of carbonyl (C=O) groups excluding carboxylic acids is 1. The van der Waals surface area contributed by atoms with Gasteiger partial charge in [-0.3, -0.25) is 9.48 Å². The summed E-state index contributed by atoms with van der Waals surface area (Å²) in [4.78, 5) is 17.3. The van der Waals surface area contributed by atoms with Gasteiger partial charge in [-0.2, -0.15) is 5.10 Å². The van der Waals surface area contributed by atoms with E-state index in [9.17, 15) is 4.79 Å². The first-order valence-corrected chi connectivity index (χ1v) is 10.9. The summed E-state index contributed by atoms with van der Waals surface area (Å²) >= 11 is 7.58. The summed E-state index contributed by atoms with van der Waals surface area (Å²) < 4.78 is 3.89. The first-order valence-electron chi connectivity index (χ1n) is 9.55. The van der Waals surface area contributed by atoms with E-state index in [2.05, 4.69) is 27.1 Å². The highest BCUT2D eigenvalue weighted by atomic mass is 35.5. The molecular formula is C22H22ClN5OS. The fourth-order valence-electron chi connectivity index (χ4n) is 3.37. The monoisotopic (exact) mass is 439 g/mol. The Hall–Kier alpha value is -2.77. The standard InChI is InChI=1S/C22H22ClN5OS/c1-14-21(15(2)27(3)26-14)25-20(29)13-30-22-24-18-11-17(23)9-10-19(18)28(22)12-16-7-5-4-6-8-16/h4-11H,12-13H2,1-3H3,(H,25,29). The number of nitrogens with zero attached hydrogens (tertiary/aromatic N) is 4. The SMILES string of the molecule is Cc1nn(C)c(C)c1NC(=O)CSc1nc2cc(Cl)ccc2n1Cc1ccccc1. The number of amides is 1. The van der Waals surface area contributed by atoms with Crippen LogP contribution in [0.4, 0.5) is 5.69 Å². The molecule has 0 aliphatic carbocycles. The Kier molecular flexibility index (Phi) is 5.83. The fraction of sp³-hybridized carbons (Fsp3) is 0.227. The van der Waals surface area contributed by atoms with Crippen molar-refractivity contribution in [2.75, 3.05) is 11.1 Å². The zero-order chi connectivity index (χ0) is 21.3. The average Bonchev–Trinajstić information content (AvgIpc) is 3.18. The second-order valence-electron chi connectivity index (χ2n) is 7.11. The van der Waals surface area contributed by atoms with Crippen molar-refractivity contribution in [3.8, 4) is 0 Å². The number of anilines is 1. The summed E-state index contributed by atoms with van der Waals surface area (Å²) in [6.07, 6.45) is 0. The largest absolute Gasteiger partial charge is 0.322 e. The maximum absolute atomic E-state index is 12.6. The van der Waals surface area contributed by atoms with Crippen LogP contribution >= 0.6 is 23.4 Å². The number of benzene rings is 2. The van der Waals surface area contributed by atoms with Gasteiger partial charge in [0.05, 0.1) is 40.4 Å². The first-order chi connectivity index (χ1) is 14.4. The highest BCUT2D eigenvalue weighted by Gasteiger charge is 2.16. The number of aromatic nitrogens is 4. The lowest BCUT2D eigenvalue weighted by Crippen LogP contribution is -2.16. The maximum atomic E-state index is 12.6. The van der Waals surface area contributed by atoms with Crippen molar-refractivity contribution in [2.45, 2.75) is 25.5 Å². The average molecular weight is 440 g/mol. The van der Waals surface area contributed by atoms with E-state index in [0.29, 0.717) is 11.6 Å². The molecule has 154 valence electrons. The van der Waals surface area contributed by atoms with Crippen LogP contribution in [0.25, 0.3) is 11.0 Å². The van der Waals surface area contributed by atoms with Crippen LogP contribution in [-0.4, -0.2) is 31.0 Å². The molecule has 0 aliphatic heterocycles. The van der Waals surface area contributed by atoms with Crippen LogP contribution in [0.5, 0.6) is 0 Å². The summed E-state index contributed by atoms with van der Waals surface area (Å²) in [5.41, 5.74) is 5.48. The molecule has 4 rings (SSSR count). The van der Waals surface area contributed by atoms with E-state index >= 15 is 0 Å². The second kappa shape index (κ2) is 8.53. The van der Waals surface area contributed by atoms with E-state index in [1.165, 1.54) is 17.3 Å². The number of halogens is 1. The van der Waals surface area contributed by atoms with Crippen molar-refractivity contribution < 1.29 is 4.79 Å². The lowest BCUT2D eigenvalue weighted by atomic mass is 10.2. The lowest BCUT2D eigenvalue weighted by Gasteiger charge is -2.10. The molecule has 0 radical (unpaired) electrons. The minimum atomic E-state index is -0.0875. The zero-order valence-electron chi connectivity index (χ0n) is 17.0. The van der Waals surface area contributed by atoms with E-state index in [1.807, 2.05) is 57.3 Å². The molecule has 30 heavy (non-hydrogen) atoms. The van der Waals surface area contributed by atoms with Gasteiger partial charge in [-0.05, 0) is 37.6 Å². The Morgan fingerprint density at radius 1 is 1.17 bits per heavy atom. The number of rotatable bonds is 6. The van der Waals surface area contributed by atoms with Gasteiger partial charge in [0.2, 0.25) is 5.91 Å². The number of fused-ring (bicyclic) bond motifs is 1. The third-order valence-corrected chi connectivity index (χ3v) is 6.18. The van der Waals surface area contributed by atoms with Gasteiger partial charge < -0.3 is 9.88 Å². The molecular weight excluding hydrogens is 418 g/mol. The van der Waals surface area contributed by atoms with Crippen LogP contribution in [0.3, 0.4) is 0 Å². The van der Waals surface area contributed by atoms with Crippen molar-refractivity contribution in [3.63, 3.8) is 0 Å². The quantitative estimate of drug-likeness (QED) is 0.437. The molecule has 0 aliphatic rings. The molecule has 4 aromatic rings. The number of carbonyl (C=O) groups is 1. The highest BCUT2D eigenvalue weighted by Crippen LogP contribution is 2.28. The molecule has 8 heteroatoms. The number of hydrogen-bond donors (Lipinski definition) is 1. The molecule has 2 heterocycles. The van der Waals surface area contributed by atoms with Crippen LogP contribution < -0.4 is 5.32 Å². The van der Waals surface area contributed by atoms with Gasteiger partial charge in [-0.25, -0.2) is 4.98 Å². The molecule has 0 atom stereocenters. The summed E-state index contributed by atoms with van der Waals surface area (Å²) in [6, 6.07) is 15.9. The maximum Gasteiger partial charge on any atom is 0.234 e. The highest BCUT2D eigenvalue weighted by molar-refractivity contribution is 7.99. The third kappa shape index (κ3) is 4.22. The smallest absolute Gasteiger partial charge is 0.234 e. The van der Waals surface area contributed by atoms with Gasteiger partial charge in [-0.15, -0.1) is 0 Å². The predicted molar refractivity (Wildman–Crippen MR) is 122 cm³/mol. The number of imidazole rings is 1. The Balaban J connectivity index is 1.57. The van der Waals surface area contributed by atoms with Gasteiger partial charge in [-0.1, -0.05) is 53.7 Å². The molecule has 1 N–H and O–H groups in total. The van der Waals surface area contributed by atoms with Crippen LogP contribution in [0.15, 0.2) is 53.7 Å². The van der Waals surface area contributed by atoms with Crippen LogP contribution in [0, 0.1) is 13.8 Å². The van der Waals surface area contributed by atoms with Gasteiger partial charge in [0.15, 0.2) is 5.16 Å². The van der Waals surface area contributed by atoms with Crippen LogP contribution in [0.1, 0.15) is 17.0 Å². The van der Waals surface area contributed by atoms with Gasteiger partial charge in [0.1, 0.15) is 0 Å². The fourth-order valence-corrected chi connectivity index (χ4v) is 4.35. The van der Waals surface area contributed by atoms with E-state index in [4.69, 9.17) is 16.6 Å². The molecule has 2 aromatic heterocycles. The lowest BCUT2D eigenvalue weighted by molar-refractivity contribution is -0.113. The van der Waals surface area contributed by atoms with Crippen LogP contribution in [-0.2, 0) is 18.4 Å². The summed E-state index contributed by atoms with van der Waals surface area (Å²) in [6.45, 7) is 4.49. The Labute approximate surface area is 184 Å². The van der Waals surface area contributed by atoms with Gasteiger partial charge in [0, 0.05) is 12.1 Å². The van der Waals surface area contributed by atoms with Crippen molar-refractivity contribution in [1.29, 1.82) is 0 Å².